The lowest BCUT2D eigenvalue weighted by atomic mass is 9.83. The van der Waals surface area contributed by atoms with Crippen LogP contribution >= 0.6 is 0 Å². The van der Waals surface area contributed by atoms with E-state index in [9.17, 15) is 0 Å². The van der Waals surface area contributed by atoms with Crippen molar-refractivity contribution in [2.24, 2.45) is 5.73 Å². The quantitative estimate of drug-likeness (QED) is 0.897. The highest BCUT2D eigenvalue weighted by Crippen LogP contribution is 2.37. The summed E-state index contributed by atoms with van der Waals surface area (Å²) < 4.78 is 5.99. The summed E-state index contributed by atoms with van der Waals surface area (Å²) in [4.78, 5) is 4.40. The van der Waals surface area contributed by atoms with Gasteiger partial charge >= 0.3 is 0 Å². The van der Waals surface area contributed by atoms with Crippen LogP contribution in [0.15, 0.2) is 36.5 Å². The van der Waals surface area contributed by atoms with Crippen molar-refractivity contribution in [2.45, 2.75) is 37.8 Å². The van der Waals surface area contributed by atoms with E-state index in [1.807, 2.05) is 24.4 Å². The summed E-state index contributed by atoms with van der Waals surface area (Å²) in [6, 6.07) is 10.1. The second-order valence-electron chi connectivity index (χ2n) is 5.51. The van der Waals surface area contributed by atoms with Crippen LogP contribution in [-0.2, 0) is 4.74 Å². The van der Waals surface area contributed by atoms with Gasteiger partial charge in [0.25, 0.3) is 0 Å². The molecule has 1 aliphatic heterocycles. The van der Waals surface area contributed by atoms with Crippen LogP contribution in [0.3, 0.4) is 0 Å². The third-order valence-corrected chi connectivity index (χ3v) is 4.17. The summed E-state index contributed by atoms with van der Waals surface area (Å²) in [5, 5.41) is 1.13. The molecule has 1 aliphatic rings. The van der Waals surface area contributed by atoms with E-state index in [1.165, 1.54) is 6.42 Å². The van der Waals surface area contributed by atoms with Gasteiger partial charge in [0.05, 0.1) is 17.2 Å². The second-order valence-corrected chi connectivity index (χ2v) is 5.51. The van der Waals surface area contributed by atoms with Gasteiger partial charge in [-0.15, -0.1) is 0 Å². The molecule has 3 nitrogen and oxygen atoms in total. The van der Waals surface area contributed by atoms with Crippen molar-refractivity contribution in [1.82, 2.24) is 4.98 Å². The molecule has 3 heteroatoms. The summed E-state index contributed by atoms with van der Waals surface area (Å²) in [6.45, 7) is 2.94. The van der Waals surface area contributed by atoms with Gasteiger partial charge in [0, 0.05) is 18.2 Å². The lowest BCUT2D eigenvalue weighted by Crippen LogP contribution is -2.43. The fourth-order valence-electron chi connectivity index (χ4n) is 2.93. The number of ether oxygens (including phenoxy) is 1. The van der Waals surface area contributed by atoms with E-state index in [1.54, 1.807) is 0 Å². The SMILES string of the molecule is CC1(C(N)c2cccc3ncccc23)CCCCO1. The van der Waals surface area contributed by atoms with Gasteiger partial charge in [-0.1, -0.05) is 18.2 Å². The fraction of sp³-hybridized carbons (Fsp3) is 0.438. The summed E-state index contributed by atoms with van der Waals surface area (Å²) in [7, 11) is 0. The van der Waals surface area contributed by atoms with E-state index in [0.717, 1.165) is 35.9 Å². The Morgan fingerprint density at radius 3 is 2.95 bits per heavy atom. The molecule has 2 heterocycles. The molecular formula is C16H20N2O. The molecule has 0 spiro atoms. The molecule has 0 saturated carbocycles. The van der Waals surface area contributed by atoms with Crippen molar-refractivity contribution in [2.75, 3.05) is 6.61 Å². The number of rotatable bonds is 2. The zero-order valence-electron chi connectivity index (χ0n) is 11.3. The molecule has 2 unspecified atom stereocenters. The highest BCUT2D eigenvalue weighted by Gasteiger charge is 2.36. The van der Waals surface area contributed by atoms with Gasteiger partial charge in [0.2, 0.25) is 0 Å². The van der Waals surface area contributed by atoms with E-state index in [-0.39, 0.29) is 11.6 Å². The van der Waals surface area contributed by atoms with Crippen LogP contribution in [-0.4, -0.2) is 17.2 Å². The topological polar surface area (TPSA) is 48.1 Å². The van der Waals surface area contributed by atoms with Gasteiger partial charge in [-0.2, -0.15) is 0 Å². The Balaban J connectivity index is 2.03. The maximum atomic E-state index is 6.52. The molecular weight excluding hydrogens is 236 g/mol. The Hall–Kier alpha value is -1.45. The lowest BCUT2D eigenvalue weighted by molar-refractivity contribution is -0.0818. The van der Waals surface area contributed by atoms with Crippen LogP contribution in [0.5, 0.6) is 0 Å². The van der Waals surface area contributed by atoms with Crippen LogP contribution < -0.4 is 5.73 Å². The molecule has 1 aromatic heterocycles. The average Bonchev–Trinajstić information content (AvgIpc) is 2.47. The molecule has 0 aliphatic carbocycles. The van der Waals surface area contributed by atoms with Crippen molar-refractivity contribution in [3.8, 4) is 0 Å². The number of fused-ring (bicyclic) bond motifs is 1. The fourth-order valence-corrected chi connectivity index (χ4v) is 2.93. The number of nitrogens with zero attached hydrogens (tertiary/aromatic N) is 1. The van der Waals surface area contributed by atoms with Crippen molar-refractivity contribution >= 4 is 10.9 Å². The third-order valence-electron chi connectivity index (χ3n) is 4.17. The first-order valence-corrected chi connectivity index (χ1v) is 6.94. The maximum absolute atomic E-state index is 6.52. The van der Waals surface area contributed by atoms with Gasteiger partial charge in [-0.3, -0.25) is 4.98 Å². The minimum atomic E-state index is -0.262. The van der Waals surface area contributed by atoms with E-state index in [2.05, 4.69) is 24.0 Å². The Kier molecular flexibility index (Phi) is 3.25. The van der Waals surface area contributed by atoms with E-state index in [0.29, 0.717) is 0 Å². The number of hydrogen-bond acceptors (Lipinski definition) is 3. The summed E-state index contributed by atoms with van der Waals surface area (Å²) in [6.07, 6.45) is 5.16. The van der Waals surface area contributed by atoms with E-state index < -0.39 is 0 Å². The molecule has 100 valence electrons. The lowest BCUT2D eigenvalue weighted by Gasteiger charge is -2.39. The Morgan fingerprint density at radius 1 is 1.26 bits per heavy atom. The van der Waals surface area contributed by atoms with Gasteiger partial charge in [-0.05, 0) is 43.9 Å². The van der Waals surface area contributed by atoms with Crippen molar-refractivity contribution in [3.05, 3.63) is 42.1 Å². The standard InChI is InChI=1S/C16H20N2O/c1-16(9-2-3-11-19-16)15(17)13-6-4-8-14-12(13)7-5-10-18-14/h4-8,10,15H,2-3,9,11,17H2,1H3. The minimum absolute atomic E-state index is 0.110. The zero-order valence-corrected chi connectivity index (χ0v) is 11.3. The molecule has 2 aromatic rings. The average molecular weight is 256 g/mol. The van der Waals surface area contributed by atoms with E-state index >= 15 is 0 Å². The Labute approximate surface area is 113 Å². The summed E-state index contributed by atoms with van der Waals surface area (Å²) in [5.41, 5.74) is 8.39. The minimum Gasteiger partial charge on any atom is -0.373 e. The first-order chi connectivity index (χ1) is 9.21. The number of aromatic nitrogens is 1. The summed E-state index contributed by atoms with van der Waals surface area (Å²) >= 11 is 0. The van der Waals surface area contributed by atoms with Crippen molar-refractivity contribution in [3.63, 3.8) is 0 Å². The smallest absolute Gasteiger partial charge is 0.0846 e. The first kappa shape index (κ1) is 12.6. The molecule has 1 aromatic carbocycles. The van der Waals surface area contributed by atoms with E-state index in [4.69, 9.17) is 10.5 Å². The molecule has 2 atom stereocenters. The van der Waals surface area contributed by atoms with Crippen molar-refractivity contribution in [1.29, 1.82) is 0 Å². The normalized spacial score (nSPS) is 25.4. The van der Waals surface area contributed by atoms with Crippen LogP contribution in [0.2, 0.25) is 0 Å². The van der Waals surface area contributed by atoms with Gasteiger partial charge in [-0.25, -0.2) is 0 Å². The molecule has 19 heavy (non-hydrogen) atoms. The maximum Gasteiger partial charge on any atom is 0.0846 e. The van der Waals surface area contributed by atoms with Crippen LogP contribution in [0.4, 0.5) is 0 Å². The highest BCUT2D eigenvalue weighted by molar-refractivity contribution is 5.82. The number of nitrogens with two attached hydrogens (primary N) is 1. The zero-order chi connectivity index (χ0) is 13.3. The molecule has 1 saturated heterocycles. The Bertz CT molecular complexity index is 570. The molecule has 0 amide bonds. The highest BCUT2D eigenvalue weighted by atomic mass is 16.5. The van der Waals surface area contributed by atoms with Gasteiger partial charge < -0.3 is 10.5 Å². The number of pyridine rings is 1. The van der Waals surface area contributed by atoms with Gasteiger partial charge in [0.1, 0.15) is 0 Å². The number of benzene rings is 1. The molecule has 2 N–H and O–H groups in total. The molecule has 1 fully saturated rings. The third kappa shape index (κ3) is 2.24. The molecule has 0 bridgehead atoms. The predicted octanol–water partition coefficient (Wildman–Crippen LogP) is 3.19. The summed E-state index contributed by atoms with van der Waals surface area (Å²) in [5.74, 6) is 0. The predicted molar refractivity (Wildman–Crippen MR) is 76.9 cm³/mol. The van der Waals surface area contributed by atoms with Crippen LogP contribution in [0, 0.1) is 0 Å². The monoisotopic (exact) mass is 256 g/mol. The molecule has 0 radical (unpaired) electrons. The van der Waals surface area contributed by atoms with Crippen molar-refractivity contribution < 1.29 is 4.74 Å². The number of hydrogen-bond donors (Lipinski definition) is 1. The first-order valence-electron chi connectivity index (χ1n) is 6.94. The molecule has 3 rings (SSSR count). The van der Waals surface area contributed by atoms with Gasteiger partial charge in [0.15, 0.2) is 0 Å². The Morgan fingerprint density at radius 2 is 2.16 bits per heavy atom. The second kappa shape index (κ2) is 4.91. The largest absolute Gasteiger partial charge is 0.373 e. The van der Waals surface area contributed by atoms with Crippen LogP contribution in [0.1, 0.15) is 37.8 Å². The van der Waals surface area contributed by atoms with Crippen LogP contribution in [0.25, 0.3) is 10.9 Å².